The smallest absolute Gasteiger partial charge is 0.255 e. The van der Waals surface area contributed by atoms with Gasteiger partial charge in [0.05, 0.1) is 10.5 Å². The number of pyridine rings is 1. The number of hydrogen-bond donors (Lipinski definition) is 0. The summed E-state index contributed by atoms with van der Waals surface area (Å²) >= 11 is 6.09. The van der Waals surface area contributed by atoms with Gasteiger partial charge in [-0.05, 0) is 13.0 Å². The second-order valence-corrected chi connectivity index (χ2v) is 3.70. The highest BCUT2D eigenvalue weighted by atomic mass is 35.5. The Bertz CT molecular complexity index is 557. The third kappa shape index (κ3) is 1.15. The monoisotopic (exact) mass is 207 g/mol. The van der Waals surface area contributed by atoms with Crippen LogP contribution in [0.15, 0.2) is 29.1 Å². The topological polar surface area (TPSA) is 22.0 Å². The van der Waals surface area contributed by atoms with E-state index in [4.69, 9.17) is 11.6 Å². The van der Waals surface area contributed by atoms with E-state index in [-0.39, 0.29) is 5.56 Å². The van der Waals surface area contributed by atoms with Gasteiger partial charge in [0.1, 0.15) is 0 Å². The van der Waals surface area contributed by atoms with Gasteiger partial charge in [-0.2, -0.15) is 0 Å². The van der Waals surface area contributed by atoms with Crippen molar-refractivity contribution in [1.29, 1.82) is 0 Å². The van der Waals surface area contributed by atoms with E-state index in [0.717, 1.165) is 10.9 Å². The van der Waals surface area contributed by atoms with E-state index in [9.17, 15) is 4.79 Å². The van der Waals surface area contributed by atoms with Crippen molar-refractivity contribution in [3.8, 4) is 0 Å². The van der Waals surface area contributed by atoms with Gasteiger partial charge >= 0.3 is 0 Å². The van der Waals surface area contributed by atoms with Crippen LogP contribution in [0.1, 0.15) is 5.56 Å². The molecule has 1 heterocycles. The molecule has 0 N–H and O–H groups in total. The van der Waals surface area contributed by atoms with E-state index in [1.54, 1.807) is 18.5 Å². The molecule has 1 aromatic heterocycles. The summed E-state index contributed by atoms with van der Waals surface area (Å²) < 4.78 is 1.62. The third-order valence-electron chi connectivity index (χ3n) is 2.46. The number of halogens is 1. The van der Waals surface area contributed by atoms with Crippen molar-refractivity contribution < 1.29 is 0 Å². The molecule has 0 atom stereocenters. The summed E-state index contributed by atoms with van der Waals surface area (Å²) in [6.45, 7) is 1.75. The van der Waals surface area contributed by atoms with Crippen LogP contribution in [0.3, 0.4) is 0 Å². The molecule has 3 heteroatoms. The minimum Gasteiger partial charge on any atom is -0.311 e. The predicted molar refractivity (Wildman–Crippen MR) is 58.9 cm³/mol. The van der Waals surface area contributed by atoms with Gasteiger partial charge < -0.3 is 4.57 Å². The molecule has 2 aromatic rings. The molecule has 2 nitrogen and oxygen atoms in total. The summed E-state index contributed by atoms with van der Waals surface area (Å²) in [5.74, 6) is 0. The number of aromatic nitrogens is 1. The summed E-state index contributed by atoms with van der Waals surface area (Å²) in [7, 11) is 1.76. The molecule has 0 aliphatic rings. The summed E-state index contributed by atoms with van der Waals surface area (Å²) in [4.78, 5) is 11.7. The number of hydrogen-bond acceptors (Lipinski definition) is 1. The first-order chi connectivity index (χ1) is 6.63. The van der Waals surface area contributed by atoms with Gasteiger partial charge in [0.25, 0.3) is 5.56 Å². The van der Waals surface area contributed by atoms with Crippen molar-refractivity contribution >= 4 is 22.5 Å². The van der Waals surface area contributed by atoms with Crippen LogP contribution in [0.5, 0.6) is 0 Å². The average Bonchev–Trinajstić information content (AvgIpc) is 2.23. The fourth-order valence-corrected chi connectivity index (χ4v) is 1.85. The van der Waals surface area contributed by atoms with Crippen molar-refractivity contribution in [3.05, 3.63) is 45.2 Å². The molecule has 0 amide bonds. The lowest BCUT2D eigenvalue weighted by Crippen LogP contribution is -2.19. The zero-order chi connectivity index (χ0) is 10.3. The quantitative estimate of drug-likeness (QED) is 0.651. The van der Waals surface area contributed by atoms with Gasteiger partial charge in [-0.3, -0.25) is 4.79 Å². The van der Waals surface area contributed by atoms with Crippen LogP contribution in [0.2, 0.25) is 5.02 Å². The van der Waals surface area contributed by atoms with E-state index in [2.05, 4.69) is 0 Å². The minimum absolute atomic E-state index is 0.0336. The molecule has 0 aliphatic carbocycles. The molecular formula is C11H10ClNO. The number of aryl methyl sites for hydroxylation is 1. The first kappa shape index (κ1) is 9.28. The van der Waals surface area contributed by atoms with Crippen LogP contribution in [0.25, 0.3) is 10.9 Å². The summed E-state index contributed by atoms with van der Waals surface area (Å²) in [6.07, 6.45) is 0. The lowest BCUT2D eigenvalue weighted by atomic mass is 10.1. The van der Waals surface area contributed by atoms with Gasteiger partial charge in [0.15, 0.2) is 0 Å². The van der Waals surface area contributed by atoms with Crippen LogP contribution in [0.4, 0.5) is 0 Å². The molecule has 72 valence electrons. The Morgan fingerprint density at radius 2 is 1.93 bits per heavy atom. The van der Waals surface area contributed by atoms with Crippen molar-refractivity contribution in [2.45, 2.75) is 6.92 Å². The lowest BCUT2D eigenvalue weighted by molar-refractivity contribution is 0.893. The summed E-state index contributed by atoms with van der Waals surface area (Å²) in [5.41, 5.74) is 1.44. The molecule has 1 aromatic carbocycles. The van der Waals surface area contributed by atoms with Gasteiger partial charge in [0.2, 0.25) is 0 Å². The van der Waals surface area contributed by atoms with Gasteiger partial charge in [-0.15, -0.1) is 0 Å². The Morgan fingerprint density at radius 1 is 1.29 bits per heavy atom. The Kier molecular flexibility index (Phi) is 2.08. The zero-order valence-corrected chi connectivity index (χ0v) is 8.80. The van der Waals surface area contributed by atoms with E-state index < -0.39 is 0 Å². The highest BCUT2D eigenvalue weighted by Gasteiger charge is 2.08. The van der Waals surface area contributed by atoms with Crippen LogP contribution in [0, 0.1) is 6.92 Å². The standard InChI is InChI=1S/C11H10ClNO/c1-7-10(12)8-5-3-4-6-9(8)13(2)11(7)14/h3-6H,1-2H3. The third-order valence-corrected chi connectivity index (χ3v) is 2.94. The second kappa shape index (κ2) is 3.14. The zero-order valence-electron chi connectivity index (χ0n) is 8.04. The molecule has 0 saturated carbocycles. The maximum Gasteiger partial charge on any atom is 0.255 e. The minimum atomic E-state index is -0.0336. The van der Waals surface area contributed by atoms with E-state index in [1.807, 2.05) is 24.3 Å². The molecule has 0 bridgehead atoms. The van der Waals surface area contributed by atoms with Crippen LogP contribution >= 0.6 is 11.6 Å². The Balaban J connectivity index is 3.10. The Morgan fingerprint density at radius 3 is 2.64 bits per heavy atom. The number of benzene rings is 1. The molecule has 2 rings (SSSR count). The fraction of sp³-hybridized carbons (Fsp3) is 0.182. The SMILES string of the molecule is Cc1c(Cl)c2ccccc2n(C)c1=O. The summed E-state index contributed by atoms with van der Waals surface area (Å²) in [6, 6.07) is 7.62. The van der Waals surface area contributed by atoms with Gasteiger partial charge in [0, 0.05) is 18.0 Å². The highest BCUT2D eigenvalue weighted by Crippen LogP contribution is 2.23. The molecule has 14 heavy (non-hydrogen) atoms. The van der Waals surface area contributed by atoms with Crippen molar-refractivity contribution in [3.63, 3.8) is 0 Å². The molecule has 0 aliphatic heterocycles. The van der Waals surface area contributed by atoms with Crippen molar-refractivity contribution in [2.75, 3.05) is 0 Å². The molecular weight excluding hydrogens is 198 g/mol. The fourth-order valence-electron chi connectivity index (χ4n) is 1.61. The number of rotatable bonds is 0. The van der Waals surface area contributed by atoms with Crippen molar-refractivity contribution in [2.24, 2.45) is 7.05 Å². The van der Waals surface area contributed by atoms with Gasteiger partial charge in [-0.1, -0.05) is 29.8 Å². The number of para-hydroxylation sites is 1. The van der Waals surface area contributed by atoms with E-state index >= 15 is 0 Å². The predicted octanol–water partition coefficient (Wildman–Crippen LogP) is 2.50. The highest BCUT2D eigenvalue weighted by molar-refractivity contribution is 6.36. The van der Waals surface area contributed by atoms with Crippen LogP contribution < -0.4 is 5.56 Å². The molecule has 0 fully saturated rings. The van der Waals surface area contributed by atoms with E-state index in [0.29, 0.717) is 10.6 Å². The molecule has 0 spiro atoms. The molecule has 0 unspecified atom stereocenters. The molecule has 0 saturated heterocycles. The van der Waals surface area contributed by atoms with Gasteiger partial charge in [-0.25, -0.2) is 0 Å². The lowest BCUT2D eigenvalue weighted by Gasteiger charge is -2.08. The Labute approximate surface area is 86.7 Å². The van der Waals surface area contributed by atoms with Crippen LogP contribution in [-0.2, 0) is 7.05 Å². The molecule has 0 radical (unpaired) electrons. The summed E-state index contributed by atoms with van der Waals surface area (Å²) in [5, 5.41) is 1.48. The maximum atomic E-state index is 11.7. The van der Waals surface area contributed by atoms with Crippen molar-refractivity contribution in [1.82, 2.24) is 4.57 Å². The average molecular weight is 208 g/mol. The van der Waals surface area contributed by atoms with E-state index in [1.165, 1.54) is 0 Å². The largest absolute Gasteiger partial charge is 0.311 e. The maximum absolute atomic E-state index is 11.7. The first-order valence-electron chi connectivity index (χ1n) is 4.36. The number of nitrogens with zero attached hydrogens (tertiary/aromatic N) is 1. The number of fused-ring (bicyclic) bond motifs is 1. The first-order valence-corrected chi connectivity index (χ1v) is 4.74. The Hall–Kier alpha value is -1.28. The normalized spacial score (nSPS) is 10.8. The second-order valence-electron chi connectivity index (χ2n) is 3.32. The van der Waals surface area contributed by atoms with Crippen LogP contribution in [-0.4, -0.2) is 4.57 Å².